The summed E-state index contributed by atoms with van der Waals surface area (Å²) in [5, 5.41) is 6.73. The number of hydrogen-bond donors (Lipinski definition) is 1. The van der Waals surface area contributed by atoms with Crippen molar-refractivity contribution >= 4 is 17.6 Å². The molecule has 0 spiro atoms. The zero-order valence-electron chi connectivity index (χ0n) is 18.5. The molecule has 0 bridgehead atoms. The van der Waals surface area contributed by atoms with Gasteiger partial charge in [0.1, 0.15) is 29.6 Å². The van der Waals surface area contributed by atoms with E-state index in [1.807, 2.05) is 4.90 Å². The van der Waals surface area contributed by atoms with Gasteiger partial charge in [-0.25, -0.2) is 18.4 Å². The van der Waals surface area contributed by atoms with Crippen LogP contribution in [-0.4, -0.2) is 70.1 Å². The van der Waals surface area contributed by atoms with Crippen LogP contribution in [0.5, 0.6) is 0 Å². The highest BCUT2D eigenvalue weighted by molar-refractivity contribution is 5.56. The Labute approximate surface area is 198 Å². The number of anilines is 3. The molecule has 8 nitrogen and oxygen atoms in total. The molecule has 0 radical (unpaired) electrons. The third kappa shape index (κ3) is 5.35. The van der Waals surface area contributed by atoms with Crippen molar-refractivity contribution in [2.75, 3.05) is 49.6 Å². The average Bonchev–Trinajstić information content (AvgIpc) is 3.50. The van der Waals surface area contributed by atoms with Gasteiger partial charge in [0.05, 0.1) is 17.9 Å². The summed E-state index contributed by atoms with van der Waals surface area (Å²) in [7, 11) is 0. The first-order valence-corrected chi connectivity index (χ1v) is 11.1. The normalized spacial score (nSPS) is 19.3. The van der Waals surface area contributed by atoms with Crippen molar-refractivity contribution in [2.45, 2.75) is 18.6 Å². The molecule has 1 unspecified atom stereocenters. The van der Waals surface area contributed by atoms with Crippen LogP contribution < -0.4 is 10.2 Å². The molecule has 2 aliphatic heterocycles. The van der Waals surface area contributed by atoms with Crippen molar-refractivity contribution in [3.8, 4) is 5.69 Å². The van der Waals surface area contributed by atoms with E-state index in [0.717, 1.165) is 48.0 Å². The number of benzene rings is 1. The van der Waals surface area contributed by atoms with E-state index in [9.17, 15) is 22.0 Å². The number of nitrogens with zero attached hydrogens (tertiary/aromatic N) is 6. The molecule has 2 saturated heterocycles. The lowest BCUT2D eigenvalue weighted by Crippen LogP contribution is -2.50. The van der Waals surface area contributed by atoms with Crippen molar-refractivity contribution in [2.24, 2.45) is 0 Å². The first-order chi connectivity index (χ1) is 16.7. The lowest BCUT2D eigenvalue weighted by Gasteiger charge is -2.38. The summed E-state index contributed by atoms with van der Waals surface area (Å²) in [6, 6.07) is 5.07. The van der Waals surface area contributed by atoms with Crippen LogP contribution in [0.1, 0.15) is 13.4 Å². The summed E-state index contributed by atoms with van der Waals surface area (Å²) < 4.78 is 74.4. The molecule has 1 atom stereocenters. The van der Waals surface area contributed by atoms with Crippen LogP contribution in [0.15, 0.2) is 36.7 Å². The molecule has 1 aromatic carbocycles. The average molecular weight is 497 g/mol. The Balaban J connectivity index is 0.00000304. The minimum absolute atomic E-state index is 0. The molecule has 0 saturated carbocycles. The van der Waals surface area contributed by atoms with Gasteiger partial charge in [0.15, 0.2) is 0 Å². The van der Waals surface area contributed by atoms with Crippen LogP contribution in [0.25, 0.3) is 5.69 Å². The Bertz CT molecular complexity index is 1170. The van der Waals surface area contributed by atoms with E-state index in [4.69, 9.17) is 4.74 Å². The van der Waals surface area contributed by atoms with Crippen LogP contribution in [0.3, 0.4) is 0 Å². The van der Waals surface area contributed by atoms with Gasteiger partial charge in [0, 0.05) is 46.3 Å². The second kappa shape index (κ2) is 9.38. The van der Waals surface area contributed by atoms with Gasteiger partial charge in [-0.05, 0) is 30.7 Å². The van der Waals surface area contributed by atoms with E-state index in [0.29, 0.717) is 38.8 Å². The van der Waals surface area contributed by atoms with Gasteiger partial charge in [-0.3, -0.25) is 4.90 Å². The highest BCUT2D eigenvalue weighted by Crippen LogP contribution is 2.34. The van der Waals surface area contributed by atoms with Gasteiger partial charge < -0.3 is 15.0 Å². The molecule has 4 heterocycles. The van der Waals surface area contributed by atoms with Gasteiger partial charge in [0.25, 0.3) is 0 Å². The molecule has 2 aliphatic rings. The molecule has 13 heteroatoms. The van der Waals surface area contributed by atoms with E-state index >= 15 is 0 Å². The quantitative estimate of drug-likeness (QED) is 0.537. The second-order valence-electron chi connectivity index (χ2n) is 8.40. The Morgan fingerprint density at radius 2 is 1.74 bits per heavy atom. The maximum absolute atomic E-state index is 13.6. The summed E-state index contributed by atoms with van der Waals surface area (Å²) in [4.78, 5) is 12.4. The van der Waals surface area contributed by atoms with E-state index < -0.39 is 23.4 Å². The summed E-state index contributed by atoms with van der Waals surface area (Å²) in [6.07, 6.45) is -2.43. The summed E-state index contributed by atoms with van der Waals surface area (Å²) in [6.45, 7) is 3.87. The van der Waals surface area contributed by atoms with Crippen molar-refractivity contribution in [3.63, 3.8) is 0 Å². The molecule has 0 aliphatic carbocycles. The third-order valence-corrected chi connectivity index (χ3v) is 6.04. The largest absolute Gasteiger partial charge is 0.416 e. The molecule has 1 N–H and O–H groups in total. The Kier molecular flexibility index (Phi) is 6.28. The molecule has 0 amide bonds. The molecule has 2 fully saturated rings. The van der Waals surface area contributed by atoms with Gasteiger partial charge in [-0.1, -0.05) is 0 Å². The molecule has 3 aromatic rings. The van der Waals surface area contributed by atoms with Crippen molar-refractivity contribution < 1.29 is 28.1 Å². The van der Waals surface area contributed by atoms with Crippen molar-refractivity contribution in [1.82, 2.24) is 24.6 Å². The van der Waals surface area contributed by atoms with E-state index in [1.165, 1.54) is 6.33 Å². The highest BCUT2D eigenvalue weighted by Gasteiger charge is 2.33. The van der Waals surface area contributed by atoms with Crippen LogP contribution in [-0.2, 0) is 10.9 Å². The molecule has 35 heavy (non-hydrogen) atoms. The fourth-order valence-electron chi connectivity index (χ4n) is 4.26. The first-order valence-electron chi connectivity index (χ1n) is 11.1. The number of nitrogens with one attached hydrogen (secondary N) is 1. The SMILES string of the molecule is Fc1cc(F)cc(-n2cnc(Nc3cc(C(F)(F)F)cc(N4CCN(C5CCOC5)CC4)n3)n2)c1.[HH]. The van der Waals surface area contributed by atoms with Crippen LogP contribution >= 0.6 is 0 Å². The molecule has 5 rings (SSSR count). The highest BCUT2D eigenvalue weighted by atomic mass is 19.4. The van der Waals surface area contributed by atoms with E-state index in [1.54, 1.807) is 0 Å². The number of pyridine rings is 1. The number of hydrogen-bond acceptors (Lipinski definition) is 7. The zero-order chi connectivity index (χ0) is 24.6. The topological polar surface area (TPSA) is 71.3 Å². The smallest absolute Gasteiger partial charge is 0.380 e. The fraction of sp³-hybridized carbons (Fsp3) is 0.409. The Morgan fingerprint density at radius 3 is 2.40 bits per heavy atom. The standard InChI is InChI=1S/C22H22F5N7O.H2/c23-15-9-16(24)11-18(10-15)34-13-28-21(31-34)30-19-7-14(22(25,26)27)8-20(29-19)33-4-2-32(3-5-33)17-1-6-35-12-17;/h7-11,13,17H,1-6,12H2,(H,29,30,31);1H. The van der Waals surface area contributed by atoms with Gasteiger partial charge in [-0.15, -0.1) is 5.10 Å². The number of rotatable bonds is 5. The van der Waals surface area contributed by atoms with E-state index in [2.05, 4.69) is 25.3 Å². The van der Waals surface area contributed by atoms with Crippen LogP contribution in [0.2, 0.25) is 0 Å². The van der Waals surface area contributed by atoms with E-state index in [-0.39, 0.29) is 24.7 Å². The second-order valence-corrected chi connectivity index (χ2v) is 8.40. The maximum atomic E-state index is 13.6. The number of piperazine rings is 1. The van der Waals surface area contributed by atoms with Crippen molar-refractivity contribution in [1.29, 1.82) is 0 Å². The molecular formula is C22H24F5N7O. The fourth-order valence-corrected chi connectivity index (χ4v) is 4.26. The Morgan fingerprint density at radius 1 is 1.00 bits per heavy atom. The van der Waals surface area contributed by atoms with Crippen LogP contribution in [0.4, 0.5) is 39.5 Å². The van der Waals surface area contributed by atoms with Gasteiger partial charge >= 0.3 is 6.18 Å². The molecular weight excluding hydrogens is 473 g/mol. The Hall–Kier alpha value is -3.32. The maximum Gasteiger partial charge on any atom is 0.416 e. The minimum Gasteiger partial charge on any atom is -0.380 e. The molecule has 2 aromatic heterocycles. The predicted octanol–water partition coefficient (Wildman–Crippen LogP) is 3.86. The number of ether oxygens (including phenoxy) is 1. The summed E-state index contributed by atoms with van der Waals surface area (Å²) in [5.74, 6) is -1.57. The van der Waals surface area contributed by atoms with Crippen molar-refractivity contribution in [3.05, 3.63) is 53.9 Å². The molecule has 188 valence electrons. The number of aromatic nitrogens is 4. The minimum atomic E-state index is -4.58. The lowest BCUT2D eigenvalue weighted by molar-refractivity contribution is -0.137. The van der Waals surface area contributed by atoms with Gasteiger partial charge in [-0.2, -0.15) is 18.2 Å². The lowest BCUT2D eigenvalue weighted by atomic mass is 10.2. The van der Waals surface area contributed by atoms with Gasteiger partial charge in [0.2, 0.25) is 5.95 Å². The first kappa shape index (κ1) is 23.4. The summed E-state index contributed by atoms with van der Waals surface area (Å²) in [5.41, 5.74) is -0.783. The number of halogens is 5. The van der Waals surface area contributed by atoms with Crippen LogP contribution in [0, 0.1) is 11.6 Å². The zero-order valence-corrected chi connectivity index (χ0v) is 18.5. The predicted molar refractivity (Wildman–Crippen MR) is 119 cm³/mol. The number of alkyl halides is 3. The monoisotopic (exact) mass is 497 g/mol. The summed E-state index contributed by atoms with van der Waals surface area (Å²) >= 11 is 0. The third-order valence-electron chi connectivity index (χ3n) is 6.04.